The maximum atomic E-state index is 9.79. The molecular weight excluding hydrogens is 318 g/mol. The Labute approximate surface area is 148 Å². The molecule has 3 rings (SSSR count). The summed E-state index contributed by atoms with van der Waals surface area (Å²) in [5, 5.41) is 22.3. The molecule has 0 amide bonds. The van der Waals surface area contributed by atoms with E-state index in [1.54, 1.807) is 7.11 Å². The van der Waals surface area contributed by atoms with Crippen molar-refractivity contribution in [2.45, 2.75) is 45.4 Å². The second-order valence-electron chi connectivity index (χ2n) is 7.00. The van der Waals surface area contributed by atoms with Crippen molar-refractivity contribution >= 4 is 0 Å². The third kappa shape index (κ3) is 4.16. The highest BCUT2D eigenvalue weighted by molar-refractivity contribution is 5.27. The first-order valence-electron chi connectivity index (χ1n) is 8.89. The molecule has 136 valence electrons. The van der Waals surface area contributed by atoms with E-state index in [2.05, 4.69) is 34.3 Å². The number of aromatic nitrogens is 4. The summed E-state index contributed by atoms with van der Waals surface area (Å²) in [4.78, 5) is 2.40. The van der Waals surface area contributed by atoms with Crippen molar-refractivity contribution in [3.05, 3.63) is 35.7 Å². The van der Waals surface area contributed by atoms with Gasteiger partial charge in [-0.25, -0.2) is 4.68 Å². The van der Waals surface area contributed by atoms with Crippen LogP contribution in [0.25, 0.3) is 0 Å². The van der Waals surface area contributed by atoms with Gasteiger partial charge in [0.2, 0.25) is 0 Å². The highest BCUT2D eigenvalue weighted by atomic mass is 16.5. The molecule has 1 N–H and O–H groups in total. The molecule has 0 aliphatic carbocycles. The number of tetrazole rings is 1. The number of aliphatic hydroxyl groups is 1. The third-order valence-corrected chi connectivity index (χ3v) is 4.84. The van der Waals surface area contributed by atoms with Gasteiger partial charge in [-0.05, 0) is 46.9 Å². The van der Waals surface area contributed by atoms with E-state index in [9.17, 15) is 5.11 Å². The van der Waals surface area contributed by atoms with Gasteiger partial charge in [-0.3, -0.25) is 4.90 Å². The first kappa shape index (κ1) is 17.8. The third-order valence-electron chi connectivity index (χ3n) is 4.84. The Balaban J connectivity index is 1.79. The highest BCUT2D eigenvalue weighted by Gasteiger charge is 2.31. The lowest BCUT2D eigenvalue weighted by Crippen LogP contribution is -2.41. The Bertz CT molecular complexity index is 662. The second-order valence-corrected chi connectivity index (χ2v) is 7.00. The van der Waals surface area contributed by atoms with Crippen LogP contribution >= 0.6 is 0 Å². The van der Waals surface area contributed by atoms with E-state index in [0.717, 1.165) is 43.1 Å². The molecule has 1 saturated heterocycles. The fourth-order valence-corrected chi connectivity index (χ4v) is 3.49. The monoisotopic (exact) mass is 345 g/mol. The van der Waals surface area contributed by atoms with Gasteiger partial charge in [0.05, 0.1) is 25.8 Å². The zero-order valence-electron chi connectivity index (χ0n) is 15.2. The van der Waals surface area contributed by atoms with Crippen LogP contribution in [0.1, 0.15) is 44.1 Å². The molecule has 0 saturated carbocycles. The molecule has 0 bridgehead atoms. The molecule has 1 aromatic carbocycles. The summed E-state index contributed by atoms with van der Waals surface area (Å²) in [6.45, 7) is 6.77. The summed E-state index contributed by atoms with van der Waals surface area (Å²) < 4.78 is 7.10. The van der Waals surface area contributed by atoms with Gasteiger partial charge < -0.3 is 9.84 Å². The molecular formula is C18H27N5O2. The summed E-state index contributed by atoms with van der Waals surface area (Å²) in [6, 6.07) is 8.12. The minimum absolute atomic E-state index is 0.153. The normalized spacial score (nSPS) is 17.8. The first-order chi connectivity index (χ1) is 12.1. The standard InChI is InChI=1S/C18H27N5O2/c1-13(2)17(22-10-8-15(24)9-11-22)18-19-20-21-23(18)12-14-4-6-16(25-3)7-5-14/h4-7,13,15,17,24H,8-12H2,1-3H3. The van der Waals surface area contributed by atoms with Crippen LogP contribution in [-0.4, -0.2) is 56.5 Å². The van der Waals surface area contributed by atoms with Crippen molar-refractivity contribution in [3.63, 3.8) is 0 Å². The lowest BCUT2D eigenvalue weighted by Gasteiger charge is -2.37. The van der Waals surface area contributed by atoms with Crippen molar-refractivity contribution in [2.75, 3.05) is 20.2 Å². The van der Waals surface area contributed by atoms with E-state index in [-0.39, 0.29) is 12.1 Å². The van der Waals surface area contributed by atoms with Crippen molar-refractivity contribution in [3.8, 4) is 5.75 Å². The number of likely N-dealkylation sites (tertiary alicyclic amines) is 1. The van der Waals surface area contributed by atoms with Crippen LogP contribution < -0.4 is 4.74 Å². The Morgan fingerprint density at radius 3 is 2.48 bits per heavy atom. The number of benzene rings is 1. The van der Waals surface area contributed by atoms with E-state index in [1.165, 1.54) is 0 Å². The largest absolute Gasteiger partial charge is 0.497 e. The van der Waals surface area contributed by atoms with Crippen LogP contribution in [0.15, 0.2) is 24.3 Å². The Morgan fingerprint density at radius 2 is 1.88 bits per heavy atom. The number of ether oxygens (including phenoxy) is 1. The smallest absolute Gasteiger partial charge is 0.169 e. The molecule has 2 heterocycles. The summed E-state index contributed by atoms with van der Waals surface area (Å²) in [6.07, 6.45) is 1.44. The lowest BCUT2D eigenvalue weighted by molar-refractivity contribution is 0.0436. The molecule has 1 unspecified atom stereocenters. The molecule has 25 heavy (non-hydrogen) atoms. The predicted octanol–water partition coefficient (Wildman–Crippen LogP) is 1.88. The van der Waals surface area contributed by atoms with Crippen LogP contribution in [0.5, 0.6) is 5.75 Å². The van der Waals surface area contributed by atoms with E-state index in [1.807, 2.05) is 28.9 Å². The van der Waals surface area contributed by atoms with Gasteiger partial charge in [0.15, 0.2) is 5.82 Å². The molecule has 1 atom stereocenters. The minimum Gasteiger partial charge on any atom is -0.497 e. The number of methoxy groups -OCH3 is 1. The Kier molecular flexibility index (Phi) is 5.65. The number of hydrogen-bond acceptors (Lipinski definition) is 6. The molecule has 7 heteroatoms. The van der Waals surface area contributed by atoms with Crippen LogP contribution in [-0.2, 0) is 6.54 Å². The first-order valence-corrected chi connectivity index (χ1v) is 8.89. The zero-order valence-corrected chi connectivity index (χ0v) is 15.2. The number of rotatable bonds is 6. The summed E-state index contributed by atoms with van der Waals surface area (Å²) in [5.74, 6) is 2.12. The molecule has 2 aromatic rings. The molecule has 0 radical (unpaired) electrons. The van der Waals surface area contributed by atoms with E-state index < -0.39 is 0 Å². The van der Waals surface area contributed by atoms with Crippen molar-refractivity contribution < 1.29 is 9.84 Å². The van der Waals surface area contributed by atoms with Crippen molar-refractivity contribution in [1.29, 1.82) is 0 Å². The topological polar surface area (TPSA) is 76.3 Å². The van der Waals surface area contributed by atoms with Crippen molar-refractivity contribution in [2.24, 2.45) is 5.92 Å². The van der Waals surface area contributed by atoms with E-state index >= 15 is 0 Å². The van der Waals surface area contributed by atoms with Crippen molar-refractivity contribution in [1.82, 2.24) is 25.1 Å². The average Bonchev–Trinajstić information content (AvgIpc) is 3.05. The summed E-state index contributed by atoms with van der Waals surface area (Å²) >= 11 is 0. The fraction of sp³-hybridized carbons (Fsp3) is 0.611. The van der Waals surface area contributed by atoms with Gasteiger partial charge in [0.1, 0.15) is 5.75 Å². The van der Waals surface area contributed by atoms with Gasteiger partial charge in [-0.1, -0.05) is 26.0 Å². The second kappa shape index (κ2) is 7.93. The average molecular weight is 345 g/mol. The van der Waals surface area contributed by atoms with Gasteiger partial charge in [0.25, 0.3) is 0 Å². The SMILES string of the molecule is COc1ccc(Cn2nnnc2C(C(C)C)N2CCC(O)CC2)cc1. The summed E-state index contributed by atoms with van der Waals surface area (Å²) in [5.41, 5.74) is 1.13. The van der Waals surface area contributed by atoms with E-state index in [4.69, 9.17) is 4.74 Å². The molecule has 7 nitrogen and oxygen atoms in total. The van der Waals surface area contributed by atoms with Gasteiger partial charge in [0, 0.05) is 13.1 Å². The predicted molar refractivity (Wildman–Crippen MR) is 94.3 cm³/mol. The Morgan fingerprint density at radius 1 is 1.20 bits per heavy atom. The van der Waals surface area contributed by atoms with E-state index in [0.29, 0.717) is 12.5 Å². The fourth-order valence-electron chi connectivity index (χ4n) is 3.49. The molecule has 1 aromatic heterocycles. The highest BCUT2D eigenvalue weighted by Crippen LogP contribution is 2.30. The van der Waals surface area contributed by atoms with Gasteiger partial charge in [-0.15, -0.1) is 5.10 Å². The molecule has 0 spiro atoms. The maximum Gasteiger partial charge on any atom is 0.169 e. The van der Waals surface area contributed by atoms with Crippen LogP contribution in [0, 0.1) is 5.92 Å². The Hall–Kier alpha value is -1.99. The number of aliphatic hydroxyl groups excluding tert-OH is 1. The zero-order chi connectivity index (χ0) is 17.8. The van der Waals surface area contributed by atoms with Gasteiger partial charge >= 0.3 is 0 Å². The van der Waals surface area contributed by atoms with Crippen LogP contribution in [0.3, 0.4) is 0 Å². The van der Waals surface area contributed by atoms with Crippen LogP contribution in [0.4, 0.5) is 0 Å². The maximum absolute atomic E-state index is 9.79. The molecule has 1 aliphatic rings. The number of piperidine rings is 1. The summed E-state index contributed by atoms with van der Waals surface area (Å²) in [7, 11) is 1.66. The lowest BCUT2D eigenvalue weighted by atomic mass is 9.97. The minimum atomic E-state index is -0.181. The molecule has 1 fully saturated rings. The number of nitrogens with zero attached hydrogens (tertiary/aromatic N) is 5. The van der Waals surface area contributed by atoms with Gasteiger partial charge in [-0.2, -0.15) is 0 Å². The van der Waals surface area contributed by atoms with Crippen LogP contribution in [0.2, 0.25) is 0 Å². The quantitative estimate of drug-likeness (QED) is 0.861. The number of hydrogen-bond donors (Lipinski definition) is 1. The molecule has 1 aliphatic heterocycles.